The highest BCUT2D eigenvalue weighted by atomic mass is 35.5. The molecule has 0 amide bonds. The van der Waals surface area contributed by atoms with E-state index in [9.17, 15) is 4.39 Å². The lowest BCUT2D eigenvalue weighted by molar-refractivity contribution is 0.179. The molecule has 1 unspecified atom stereocenters. The average molecular weight is 274 g/mol. The summed E-state index contributed by atoms with van der Waals surface area (Å²) in [5.41, 5.74) is 0.638. The van der Waals surface area contributed by atoms with Gasteiger partial charge in [0.25, 0.3) is 0 Å². The van der Waals surface area contributed by atoms with Crippen LogP contribution in [0.15, 0.2) is 18.2 Å². The SMILES string of the molecule is CN1CC(CCCl)Oc2ccc(F)cc2C1=S. The van der Waals surface area contributed by atoms with E-state index in [2.05, 4.69) is 0 Å². The van der Waals surface area contributed by atoms with Gasteiger partial charge in [0, 0.05) is 12.9 Å². The molecule has 0 bridgehead atoms. The summed E-state index contributed by atoms with van der Waals surface area (Å²) in [6.45, 7) is 0.669. The molecule has 1 aliphatic rings. The molecule has 0 aliphatic carbocycles. The van der Waals surface area contributed by atoms with Crippen molar-refractivity contribution in [3.05, 3.63) is 29.6 Å². The van der Waals surface area contributed by atoms with Gasteiger partial charge in [0.05, 0.1) is 12.1 Å². The molecule has 5 heteroatoms. The molecule has 17 heavy (non-hydrogen) atoms. The Morgan fingerprint density at radius 1 is 1.59 bits per heavy atom. The number of likely N-dealkylation sites (N-methyl/N-ethyl adjacent to an activating group) is 1. The van der Waals surface area contributed by atoms with Gasteiger partial charge in [-0.15, -0.1) is 11.6 Å². The van der Waals surface area contributed by atoms with Crippen LogP contribution in [0, 0.1) is 5.82 Å². The van der Waals surface area contributed by atoms with Crippen LogP contribution >= 0.6 is 23.8 Å². The Balaban J connectivity index is 2.37. The third-order valence-electron chi connectivity index (χ3n) is 2.72. The minimum atomic E-state index is -0.307. The van der Waals surface area contributed by atoms with E-state index >= 15 is 0 Å². The van der Waals surface area contributed by atoms with Gasteiger partial charge in [-0.2, -0.15) is 0 Å². The molecule has 2 nitrogen and oxygen atoms in total. The number of thiocarbonyl (C=S) groups is 1. The molecule has 1 aliphatic heterocycles. The summed E-state index contributed by atoms with van der Waals surface area (Å²) in [4.78, 5) is 2.51. The van der Waals surface area contributed by atoms with Gasteiger partial charge in [-0.1, -0.05) is 12.2 Å². The van der Waals surface area contributed by atoms with Crippen molar-refractivity contribution in [2.24, 2.45) is 0 Å². The number of ether oxygens (including phenoxy) is 1. The lowest BCUT2D eigenvalue weighted by Crippen LogP contribution is -2.33. The Labute approximate surface area is 110 Å². The van der Waals surface area contributed by atoms with Gasteiger partial charge in [0.15, 0.2) is 0 Å². The van der Waals surface area contributed by atoms with E-state index < -0.39 is 0 Å². The number of benzene rings is 1. The third-order valence-corrected chi connectivity index (χ3v) is 3.47. The van der Waals surface area contributed by atoms with Crippen molar-refractivity contribution in [3.63, 3.8) is 0 Å². The van der Waals surface area contributed by atoms with Crippen molar-refractivity contribution in [3.8, 4) is 5.75 Å². The molecule has 0 saturated heterocycles. The van der Waals surface area contributed by atoms with Gasteiger partial charge in [-0.05, 0) is 24.6 Å². The first-order chi connectivity index (χ1) is 8.11. The maximum Gasteiger partial charge on any atom is 0.130 e. The van der Waals surface area contributed by atoms with Crippen LogP contribution in [0.1, 0.15) is 12.0 Å². The van der Waals surface area contributed by atoms with Crippen LogP contribution in [0.5, 0.6) is 5.75 Å². The zero-order valence-electron chi connectivity index (χ0n) is 9.45. The van der Waals surface area contributed by atoms with E-state index in [4.69, 9.17) is 28.6 Å². The third kappa shape index (κ3) is 2.69. The van der Waals surface area contributed by atoms with Gasteiger partial charge < -0.3 is 9.64 Å². The number of fused-ring (bicyclic) bond motifs is 1. The highest BCUT2D eigenvalue weighted by molar-refractivity contribution is 7.80. The molecule has 0 aromatic heterocycles. The fourth-order valence-electron chi connectivity index (χ4n) is 1.85. The van der Waals surface area contributed by atoms with Crippen molar-refractivity contribution in [1.82, 2.24) is 4.90 Å². The topological polar surface area (TPSA) is 12.5 Å². The Kier molecular flexibility index (Phi) is 3.84. The predicted molar refractivity (Wildman–Crippen MR) is 70.5 cm³/mol. The maximum atomic E-state index is 13.2. The minimum absolute atomic E-state index is 0.0119. The first-order valence-corrected chi connectivity index (χ1v) is 6.33. The largest absolute Gasteiger partial charge is 0.488 e. The zero-order chi connectivity index (χ0) is 12.4. The summed E-state index contributed by atoms with van der Waals surface area (Å²) in [5, 5.41) is 0. The fraction of sp³-hybridized carbons (Fsp3) is 0.417. The molecule has 0 saturated carbocycles. The molecule has 0 radical (unpaired) electrons. The van der Waals surface area contributed by atoms with E-state index in [1.165, 1.54) is 12.1 Å². The van der Waals surface area contributed by atoms with Crippen LogP contribution in [0.2, 0.25) is 0 Å². The smallest absolute Gasteiger partial charge is 0.130 e. The van der Waals surface area contributed by atoms with Crippen LogP contribution < -0.4 is 4.74 Å². The molecule has 1 aromatic carbocycles. The Morgan fingerprint density at radius 2 is 2.35 bits per heavy atom. The minimum Gasteiger partial charge on any atom is -0.488 e. The quantitative estimate of drug-likeness (QED) is 0.607. The number of nitrogens with zero attached hydrogens (tertiary/aromatic N) is 1. The molecule has 2 rings (SSSR count). The predicted octanol–water partition coefficient (Wildman–Crippen LogP) is 2.82. The second kappa shape index (κ2) is 5.19. The van der Waals surface area contributed by atoms with Crippen LogP contribution in [-0.4, -0.2) is 35.5 Å². The number of halogens is 2. The molecule has 92 valence electrons. The average Bonchev–Trinajstić information content (AvgIpc) is 2.40. The van der Waals surface area contributed by atoms with E-state index in [0.29, 0.717) is 28.7 Å². The lowest BCUT2D eigenvalue weighted by atomic mass is 10.2. The number of hydrogen-bond donors (Lipinski definition) is 0. The van der Waals surface area contributed by atoms with E-state index in [1.807, 2.05) is 11.9 Å². The Bertz CT molecular complexity index is 441. The number of alkyl halides is 1. The Morgan fingerprint density at radius 3 is 3.06 bits per heavy atom. The van der Waals surface area contributed by atoms with Crippen molar-refractivity contribution >= 4 is 28.8 Å². The van der Waals surface area contributed by atoms with Crippen molar-refractivity contribution in [2.75, 3.05) is 19.5 Å². The lowest BCUT2D eigenvalue weighted by Gasteiger charge is -2.20. The molecule has 1 heterocycles. The van der Waals surface area contributed by atoms with Crippen LogP contribution in [0.3, 0.4) is 0 Å². The van der Waals surface area contributed by atoms with Gasteiger partial charge in [-0.3, -0.25) is 0 Å². The first kappa shape index (κ1) is 12.6. The standard InChI is InChI=1S/C12H13ClFNOS/c1-15-7-9(4-5-13)16-11-3-2-8(14)6-10(11)12(15)17/h2-3,6,9H,4-5,7H2,1H3. The van der Waals surface area contributed by atoms with Gasteiger partial charge >= 0.3 is 0 Å². The normalized spacial score (nSPS) is 19.6. The van der Waals surface area contributed by atoms with Crippen LogP contribution in [0.25, 0.3) is 0 Å². The number of rotatable bonds is 2. The van der Waals surface area contributed by atoms with Crippen molar-refractivity contribution < 1.29 is 9.13 Å². The molecular weight excluding hydrogens is 261 g/mol. The highest BCUT2D eigenvalue weighted by Crippen LogP contribution is 2.26. The van der Waals surface area contributed by atoms with Crippen LogP contribution in [0.4, 0.5) is 4.39 Å². The van der Waals surface area contributed by atoms with Crippen molar-refractivity contribution in [2.45, 2.75) is 12.5 Å². The zero-order valence-corrected chi connectivity index (χ0v) is 11.0. The highest BCUT2D eigenvalue weighted by Gasteiger charge is 2.24. The van der Waals surface area contributed by atoms with E-state index in [1.54, 1.807) is 6.07 Å². The monoisotopic (exact) mass is 273 g/mol. The van der Waals surface area contributed by atoms with Gasteiger partial charge in [-0.25, -0.2) is 4.39 Å². The fourth-order valence-corrected chi connectivity index (χ4v) is 2.33. The van der Waals surface area contributed by atoms with E-state index in [0.717, 1.165) is 6.42 Å². The van der Waals surface area contributed by atoms with Gasteiger partial charge in [0.2, 0.25) is 0 Å². The summed E-state index contributed by atoms with van der Waals surface area (Å²) in [7, 11) is 1.88. The van der Waals surface area contributed by atoms with Gasteiger partial charge in [0.1, 0.15) is 22.7 Å². The molecule has 0 fully saturated rings. The first-order valence-electron chi connectivity index (χ1n) is 5.39. The number of hydrogen-bond acceptors (Lipinski definition) is 2. The summed E-state index contributed by atoms with van der Waals surface area (Å²) in [6, 6.07) is 4.42. The maximum absolute atomic E-state index is 13.2. The second-order valence-corrected chi connectivity index (χ2v) is 4.81. The summed E-state index contributed by atoms with van der Waals surface area (Å²) < 4.78 is 19.0. The molecular formula is C12H13ClFNOS. The van der Waals surface area contributed by atoms with Crippen LogP contribution in [-0.2, 0) is 0 Å². The molecule has 1 atom stereocenters. The summed E-state index contributed by atoms with van der Waals surface area (Å²) in [6.07, 6.45) is 0.730. The molecule has 1 aromatic rings. The van der Waals surface area contributed by atoms with E-state index in [-0.39, 0.29) is 11.9 Å². The Hall–Kier alpha value is -0.870. The summed E-state index contributed by atoms with van der Waals surface area (Å²) in [5.74, 6) is 0.858. The second-order valence-electron chi connectivity index (χ2n) is 4.04. The molecule has 0 N–H and O–H groups in total. The molecule has 0 spiro atoms. The van der Waals surface area contributed by atoms with Crippen molar-refractivity contribution in [1.29, 1.82) is 0 Å². The summed E-state index contributed by atoms with van der Waals surface area (Å²) >= 11 is 11.0.